The number of hydrogen-bond donors (Lipinski definition) is 0. The van der Waals surface area contributed by atoms with E-state index in [-0.39, 0.29) is 0 Å². The van der Waals surface area contributed by atoms with E-state index in [0.29, 0.717) is 12.0 Å². The number of nitrogens with zero attached hydrogens (tertiary/aromatic N) is 1. The third-order valence-electron chi connectivity index (χ3n) is 1.53. The Bertz CT molecular complexity index is 84.6. The van der Waals surface area contributed by atoms with Crippen LogP contribution in [-0.4, -0.2) is 12.3 Å². The SMILES string of the molecule is CC=NC(CC)C(C)C. The zero-order valence-electron chi connectivity index (χ0n) is 6.89. The van der Waals surface area contributed by atoms with E-state index < -0.39 is 0 Å². The van der Waals surface area contributed by atoms with Crippen LogP contribution in [0.1, 0.15) is 34.1 Å². The lowest BCUT2D eigenvalue weighted by molar-refractivity contribution is 0.484. The molecule has 0 aliphatic heterocycles. The molecule has 0 bridgehead atoms. The van der Waals surface area contributed by atoms with Gasteiger partial charge in [0.1, 0.15) is 0 Å². The maximum absolute atomic E-state index is 4.32. The fraction of sp³-hybridized carbons (Fsp3) is 0.875. The van der Waals surface area contributed by atoms with E-state index >= 15 is 0 Å². The first-order valence-corrected chi connectivity index (χ1v) is 3.70. The first-order chi connectivity index (χ1) is 4.22. The van der Waals surface area contributed by atoms with Crippen LogP contribution in [0.2, 0.25) is 0 Å². The van der Waals surface area contributed by atoms with Crippen LogP contribution >= 0.6 is 0 Å². The highest BCUT2D eigenvalue weighted by atomic mass is 14.8. The predicted octanol–water partition coefficient (Wildman–Crippen LogP) is 2.51. The topological polar surface area (TPSA) is 12.4 Å². The van der Waals surface area contributed by atoms with E-state index in [1.807, 2.05) is 13.1 Å². The molecular weight excluding hydrogens is 110 g/mol. The van der Waals surface area contributed by atoms with Gasteiger partial charge in [0, 0.05) is 0 Å². The quantitative estimate of drug-likeness (QED) is 0.516. The smallest absolute Gasteiger partial charge is 0.0515 e. The molecule has 0 aromatic carbocycles. The Hall–Kier alpha value is -0.330. The molecule has 0 rings (SSSR count). The Morgan fingerprint density at radius 3 is 2.11 bits per heavy atom. The van der Waals surface area contributed by atoms with Gasteiger partial charge in [0.05, 0.1) is 6.04 Å². The van der Waals surface area contributed by atoms with Crippen LogP contribution in [0, 0.1) is 5.92 Å². The van der Waals surface area contributed by atoms with Gasteiger partial charge >= 0.3 is 0 Å². The molecule has 1 heteroatoms. The molecule has 0 fully saturated rings. The third kappa shape index (κ3) is 3.28. The fourth-order valence-corrected chi connectivity index (χ4v) is 0.940. The molecule has 0 aromatic rings. The molecular formula is C8H17N. The van der Waals surface area contributed by atoms with Crippen molar-refractivity contribution in [3.8, 4) is 0 Å². The van der Waals surface area contributed by atoms with E-state index in [0.717, 1.165) is 6.42 Å². The molecule has 0 saturated heterocycles. The van der Waals surface area contributed by atoms with Crippen molar-refractivity contribution in [3.05, 3.63) is 0 Å². The Morgan fingerprint density at radius 2 is 2.00 bits per heavy atom. The van der Waals surface area contributed by atoms with E-state index in [2.05, 4.69) is 25.8 Å². The minimum Gasteiger partial charge on any atom is -0.294 e. The second-order valence-corrected chi connectivity index (χ2v) is 2.63. The second kappa shape index (κ2) is 4.54. The minimum absolute atomic E-state index is 0.537. The summed E-state index contributed by atoms with van der Waals surface area (Å²) in [6.45, 7) is 8.57. The van der Waals surface area contributed by atoms with Gasteiger partial charge in [-0.3, -0.25) is 4.99 Å². The highest BCUT2D eigenvalue weighted by Crippen LogP contribution is 2.08. The van der Waals surface area contributed by atoms with Crippen molar-refractivity contribution in [2.75, 3.05) is 0 Å². The summed E-state index contributed by atoms with van der Waals surface area (Å²) in [6.07, 6.45) is 3.05. The van der Waals surface area contributed by atoms with Gasteiger partial charge < -0.3 is 0 Å². The fourth-order valence-electron chi connectivity index (χ4n) is 0.940. The maximum atomic E-state index is 4.32. The van der Waals surface area contributed by atoms with Crippen molar-refractivity contribution in [1.82, 2.24) is 0 Å². The lowest BCUT2D eigenvalue weighted by atomic mass is 10.0. The molecule has 0 aromatic heterocycles. The Labute approximate surface area is 58.2 Å². The van der Waals surface area contributed by atoms with Crippen LogP contribution < -0.4 is 0 Å². The van der Waals surface area contributed by atoms with Gasteiger partial charge in [0.15, 0.2) is 0 Å². The normalized spacial score (nSPS) is 15.2. The average Bonchev–Trinajstić information content (AvgIpc) is 1.82. The lowest BCUT2D eigenvalue weighted by Crippen LogP contribution is -2.10. The lowest BCUT2D eigenvalue weighted by Gasteiger charge is -2.12. The van der Waals surface area contributed by atoms with Crippen molar-refractivity contribution in [2.45, 2.75) is 40.2 Å². The van der Waals surface area contributed by atoms with Crippen LogP contribution in [0.4, 0.5) is 0 Å². The summed E-state index contributed by atoms with van der Waals surface area (Å²) in [5.74, 6) is 0.686. The summed E-state index contributed by atoms with van der Waals surface area (Å²) in [6, 6.07) is 0.537. The third-order valence-corrected chi connectivity index (χ3v) is 1.53. The van der Waals surface area contributed by atoms with E-state index in [4.69, 9.17) is 0 Å². The molecule has 54 valence electrons. The van der Waals surface area contributed by atoms with Gasteiger partial charge in [0.25, 0.3) is 0 Å². The number of rotatable bonds is 3. The molecule has 0 amide bonds. The van der Waals surface area contributed by atoms with Crippen molar-refractivity contribution >= 4 is 6.21 Å². The Kier molecular flexibility index (Phi) is 4.37. The van der Waals surface area contributed by atoms with Crippen LogP contribution in [0.25, 0.3) is 0 Å². The van der Waals surface area contributed by atoms with Crippen LogP contribution in [0.3, 0.4) is 0 Å². The number of hydrogen-bond acceptors (Lipinski definition) is 1. The van der Waals surface area contributed by atoms with Crippen molar-refractivity contribution in [2.24, 2.45) is 10.9 Å². The first-order valence-electron chi connectivity index (χ1n) is 3.70. The maximum Gasteiger partial charge on any atom is 0.0515 e. The van der Waals surface area contributed by atoms with Crippen LogP contribution in [0.15, 0.2) is 4.99 Å². The molecule has 0 heterocycles. The van der Waals surface area contributed by atoms with Gasteiger partial charge in [-0.05, 0) is 25.5 Å². The standard InChI is InChI=1S/C8H17N/c1-5-8(7(3)4)9-6-2/h6-8H,5H2,1-4H3. The van der Waals surface area contributed by atoms with Crippen LogP contribution in [0.5, 0.6) is 0 Å². The molecule has 1 atom stereocenters. The number of aliphatic imine (C=N–C) groups is 1. The van der Waals surface area contributed by atoms with Crippen molar-refractivity contribution < 1.29 is 0 Å². The summed E-state index contributed by atoms with van der Waals surface area (Å²) in [5, 5.41) is 0. The summed E-state index contributed by atoms with van der Waals surface area (Å²) >= 11 is 0. The summed E-state index contributed by atoms with van der Waals surface area (Å²) in [5.41, 5.74) is 0. The Balaban J connectivity index is 3.68. The predicted molar refractivity (Wildman–Crippen MR) is 43.1 cm³/mol. The monoisotopic (exact) mass is 127 g/mol. The average molecular weight is 127 g/mol. The van der Waals surface area contributed by atoms with Crippen molar-refractivity contribution in [3.63, 3.8) is 0 Å². The van der Waals surface area contributed by atoms with Gasteiger partial charge in [-0.15, -0.1) is 0 Å². The van der Waals surface area contributed by atoms with E-state index in [9.17, 15) is 0 Å². The molecule has 9 heavy (non-hydrogen) atoms. The van der Waals surface area contributed by atoms with Gasteiger partial charge in [0.2, 0.25) is 0 Å². The molecule has 0 aliphatic carbocycles. The zero-order chi connectivity index (χ0) is 7.28. The summed E-state index contributed by atoms with van der Waals surface area (Å²) in [7, 11) is 0. The van der Waals surface area contributed by atoms with Gasteiger partial charge in [-0.25, -0.2) is 0 Å². The summed E-state index contributed by atoms with van der Waals surface area (Å²) in [4.78, 5) is 4.32. The van der Waals surface area contributed by atoms with Crippen molar-refractivity contribution in [1.29, 1.82) is 0 Å². The van der Waals surface area contributed by atoms with E-state index in [1.165, 1.54) is 0 Å². The zero-order valence-corrected chi connectivity index (χ0v) is 6.89. The second-order valence-electron chi connectivity index (χ2n) is 2.63. The highest BCUT2D eigenvalue weighted by Gasteiger charge is 2.05. The molecule has 0 saturated carbocycles. The molecule has 0 N–H and O–H groups in total. The first kappa shape index (κ1) is 8.67. The molecule has 1 nitrogen and oxygen atoms in total. The molecule has 0 aliphatic rings. The van der Waals surface area contributed by atoms with E-state index in [1.54, 1.807) is 0 Å². The molecule has 0 radical (unpaired) electrons. The van der Waals surface area contributed by atoms with Gasteiger partial charge in [-0.2, -0.15) is 0 Å². The van der Waals surface area contributed by atoms with Gasteiger partial charge in [-0.1, -0.05) is 20.8 Å². The largest absolute Gasteiger partial charge is 0.294 e. The molecule has 1 unspecified atom stereocenters. The summed E-state index contributed by atoms with van der Waals surface area (Å²) < 4.78 is 0. The minimum atomic E-state index is 0.537. The molecule has 0 spiro atoms. The highest BCUT2D eigenvalue weighted by molar-refractivity contribution is 5.53. The van der Waals surface area contributed by atoms with Crippen LogP contribution in [-0.2, 0) is 0 Å². The Morgan fingerprint density at radius 1 is 1.44 bits per heavy atom.